The highest BCUT2D eigenvalue weighted by molar-refractivity contribution is 7.80. The summed E-state index contributed by atoms with van der Waals surface area (Å²) >= 11 is 4.61. The minimum absolute atomic E-state index is 0.0908. The molecule has 0 fully saturated rings. The van der Waals surface area contributed by atoms with Crippen LogP contribution in [0, 0.1) is 6.92 Å². The fourth-order valence-corrected chi connectivity index (χ4v) is 5.29. The molecule has 0 aliphatic carbocycles. The van der Waals surface area contributed by atoms with Crippen LogP contribution in [0.3, 0.4) is 0 Å². The second kappa shape index (κ2) is 9.90. The van der Waals surface area contributed by atoms with Crippen LogP contribution >= 0.6 is 12.6 Å². The van der Waals surface area contributed by atoms with E-state index in [1.54, 1.807) is 9.25 Å². The Morgan fingerprint density at radius 2 is 1.82 bits per heavy atom. The molecule has 10 heteroatoms. The van der Waals surface area contributed by atoms with E-state index in [1.807, 2.05) is 79.7 Å². The quantitative estimate of drug-likeness (QED) is 0.219. The van der Waals surface area contributed by atoms with E-state index in [0.717, 1.165) is 27.9 Å². The zero-order valence-corrected chi connectivity index (χ0v) is 22.6. The van der Waals surface area contributed by atoms with Gasteiger partial charge >= 0.3 is 0 Å². The predicted molar refractivity (Wildman–Crippen MR) is 163 cm³/mol. The maximum Gasteiger partial charge on any atom is 0.263 e. The first-order valence-electron chi connectivity index (χ1n) is 12.5. The van der Waals surface area contributed by atoms with Gasteiger partial charge in [-0.1, -0.05) is 49.0 Å². The molecule has 6 aromatic rings. The summed E-state index contributed by atoms with van der Waals surface area (Å²) in [5.74, 6) is 0.615. The van der Waals surface area contributed by atoms with Gasteiger partial charge in [0.15, 0.2) is 5.65 Å². The summed E-state index contributed by atoms with van der Waals surface area (Å²) in [6.07, 6.45) is 1.41. The lowest BCUT2D eigenvalue weighted by atomic mass is 10.1. The largest absolute Gasteiger partial charge is 0.386 e. The van der Waals surface area contributed by atoms with Crippen molar-refractivity contribution < 1.29 is 0 Å². The predicted octanol–water partition coefficient (Wildman–Crippen LogP) is 4.87. The Hall–Kier alpha value is -5.09. The van der Waals surface area contributed by atoms with E-state index in [9.17, 15) is 4.79 Å². The summed E-state index contributed by atoms with van der Waals surface area (Å²) in [5.41, 5.74) is 17.1. The fourth-order valence-electron chi connectivity index (χ4n) is 5.02. The molecule has 0 radical (unpaired) electrons. The molecule has 0 unspecified atom stereocenters. The molecule has 6 rings (SSSR count). The molecule has 3 aromatic carbocycles. The van der Waals surface area contributed by atoms with Gasteiger partial charge in [0.25, 0.3) is 5.56 Å². The van der Waals surface area contributed by atoms with Gasteiger partial charge < -0.3 is 16.8 Å². The Morgan fingerprint density at radius 3 is 2.58 bits per heavy atom. The first kappa shape index (κ1) is 25.2. The Kier molecular flexibility index (Phi) is 6.24. The monoisotopic (exact) mass is 546 g/mol. The van der Waals surface area contributed by atoms with Gasteiger partial charge in [-0.2, -0.15) is 5.10 Å². The van der Waals surface area contributed by atoms with Crippen molar-refractivity contribution in [3.63, 3.8) is 0 Å². The second-order valence-electron chi connectivity index (χ2n) is 9.50. The topological polar surface area (TPSA) is 130 Å². The number of nitrogens with two attached hydrogens (primary N) is 2. The number of fused-ring (bicyclic) bond motifs is 2. The normalized spacial score (nSPS) is 11.2. The number of benzene rings is 3. The number of nitrogens with one attached hydrogen (secondary N) is 1. The number of anilines is 2. The van der Waals surface area contributed by atoms with Gasteiger partial charge in [-0.05, 0) is 48.2 Å². The smallest absolute Gasteiger partial charge is 0.263 e. The number of para-hydroxylation sites is 1. The summed E-state index contributed by atoms with van der Waals surface area (Å²) in [6, 6.07) is 23.1. The van der Waals surface area contributed by atoms with Gasteiger partial charge in [-0.3, -0.25) is 9.36 Å². The van der Waals surface area contributed by atoms with Crippen molar-refractivity contribution in [1.82, 2.24) is 24.3 Å². The lowest BCUT2D eigenvalue weighted by molar-refractivity contribution is 0.672. The number of hydrogen-bond acceptors (Lipinski definition) is 8. The van der Waals surface area contributed by atoms with Gasteiger partial charge in [-0.25, -0.2) is 14.6 Å². The molecular weight excluding hydrogens is 520 g/mol. The molecule has 5 N–H and O–H groups in total. The van der Waals surface area contributed by atoms with Crippen LogP contribution in [-0.2, 0) is 6.54 Å². The number of rotatable bonds is 6. The molecule has 0 amide bonds. The van der Waals surface area contributed by atoms with E-state index < -0.39 is 0 Å². The minimum Gasteiger partial charge on any atom is -0.386 e. The van der Waals surface area contributed by atoms with Crippen LogP contribution in [0.25, 0.3) is 38.8 Å². The van der Waals surface area contributed by atoms with Gasteiger partial charge in [0.05, 0.1) is 28.8 Å². The summed E-state index contributed by atoms with van der Waals surface area (Å²) in [4.78, 5) is 23.3. The average Bonchev–Trinajstić information content (AvgIpc) is 3.29. The Morgan fingerprint density at radius 1 is 1.02 bits per heavy atom. The number of hydrogen-bond donors (Lipinski definition) is 4. The van der Waals surface area contributed by atoms with Crippen molar-refractivity contribution in [3.8, 4) is 16.9 Å². The van der Waals surface area contributed by atoms with Crippen molar-refractivity contribution in [1.29, 1.82) is 0 Å². The Labute approximate surface area is 235 Å². The highest BCUT2D eigenvalue weighted by Crippen LogP contribution is 2.34. The average molecular weight is 547 g/mol. The molecule has 3 aromatic heterocycles. The molecule has 0 bridgehead atoms. The van der Waals surface area contributed by atoms with Crippen molar-refractivity contribution in [2.45, 2.75) is 18.4 Å². The van der Waals surface area contributed by atoms with Gasteiger partial charge in [0, 0.05) is 21.8 Å². The third-order valence-electron chi connectivity index (χ3n) is 6.78. The number of aromatic nitrogens is 5. The molecule has 0 spiro atoms. The maximum atomic E-state index is 13.9. The highest BCUT2D eigenvalue weighted by atomic mass is 32.1. The Balaban J connectivity index is 1.55. The van der Waals surface area contributed by atoms with Crippen LogP contribution in [0.1, 0.15) is 11.3 Å². The molecule has 0 aliphatic rings. The van der Waals surface area contributed by atoms with E-state index in [0.29, 0.717) is 44.3 Å². The third-order valence-corrected chi connectivity index (χ3v) is 7.15. The van der Waals surface area contributed by atoms with Crippen molar-refractivity contribution in [3.05, 3.63) is 113 Å². The van der Waals surface area contributed by atoms with Crippen molar-refractivity contribution in [2.24, 2.45) is 5.73 Å². The number of pyridine rings is 1. The molecule has 3 heterocycles. The van der Waals surface area contributed by atoms with Gasteiger partial charge in [0.2, 0.25) is 0 Å². The maximum absolute atomic E-state index is 13.9. The fraction of sp³-hybridized carbons (Fsp3) is 0.0667. The highest BCUT2D eigenvalue weighted by Gasteiger charge is 2.20. The molecule has 0 aliphatic heterocycles. The van der Waals surface area contributed by atoms with E-state index in [1.165, 1.54) is 6.33 Å². The van der Waals surface area contributed by atoms with E-state index in [2.05, 4.69) is 34.5 Å². The van der Waals surface area contributed by atoms with Crippen molar-refractivity contribution >= 4 is 45.9 Å². The molecule has 0 saturated carbocycles. The van der Waals surface area contributed by atoms with Crippen molar-refractivity contribution in [2.75, 3.05) is 11.1 Å². The zero-order valence-electron chi connectivity index (χ0n) is 21.7. The molecule has 40 heavy (non-hydrogen) atoms. The van der Waals surface area contributed by atoms with E-state index in [4.69, 9.17) is 16.6 Å². The first-order chi connectivity index (χ1) is 19.3. The van der Waals surface area contributed by atoms with Gasteiger partial charge in [0.1, 0.15) is 17.8 Å². The number of thiol groups is 1. The second-order valence-corrected chi connectivity index (χ2v) is 9.98. The summed E-state index contributed by atoms with van der Waals surface area (Å²) < 4.78 is 3.49. The van der Waals surface area contributed by atoms with Crippen LogP contribution in [0.15, 0.2) is 101 Å². The molecule has 0 saturated heterocycles. The first-order valence-corrected chi connectivity index (χ1v) is 13.0. The van der Waals surface area contributed by atoms with Gasteiger partial charge in [-0.15, -0.1) is 12.6 Å². The zero-order chi connectivity index (χ0) is 28.0. The third kappa shape index (κ3) is 4.34. The lowest BCUT2D eigenvalue weighted by Crippen LogP contribution is -2.24. The summed E-state index contributed by atoms with van der Waals surface area (Å²) in [7, 11) is 0. The van der Waals surface area contributed by atoms with Crippen LogP contribution in [0.5, 0.6) is 0 Å². The Bertz CT molecular complexity index is 2000. The molecule has 0 atom stereocenters. The standard InChI is InChI=1S/C30H26N8OS/c1-17-7-6-8-19-13-22(38(30(39)25(17)19)21-9-4-3-5-10-21)15-37-29-26(28(32)33-16-34-29)27(36-37)20-11-12-23(24(40)14-20)35-18(2)31/h3-14,16,35,40H,2,15,31H2,1H3,(H2,32,33,34). The van der Waals surface area contributed by atoms with E-state index >= 15 is 0 Å². The summed E-state index contributed by atoms with van der Waals surface area (Å²) in [6.45, 7) is 5.90. The van der Waals surface area contributed by atoms with Crippen LogP contribution in [-0.4, -0.2) is 24.3 Å². The number of nitrogens with zero attached hydrogens (tertiary/aromatic N) is 5. The molecular formula is C30H26N8OS. The minimum atomic E-state index is -0.0908. The van der Waals surface area contributed by atoms with Crippen LogP contribution in [0.4, 0.5) is 11.5 Å². The summed E-state index contributed by atoms with van der Waals surface area (Å²) in [5, 5.41) is 10.1. The van der Waals surface area contributed by atoms with E-state index in [-0.39, 0.29) is 12.1 Å². The molecule has 9 nitrogen and oxygen atoms in total. The number of aryl methyl sites for hydroxylation is 1. The van der Waals surface area contributed by atoms with Crippen LogP contribution in [0.2, 0.25) is 0 Å². The number of nitrogen functional groups attached to an aromatic ring is 1. The lowest BCUT2D eigenvalue weighted by Gasteiger charge is -2.16. The SMILES string of the molecule is C=C(N)Nc1ccc(-c2nn(Cc3cc4cccc(C)c4c(=O)n3-c3ccccc3)c3ncnc(N)c23)cc1S. The van der Waals surface area contributed by atoms with Crippen LogP contribution < -0.4 is 22.3 Å². The molecule has 198 valence electrons.